The van der Waals surface area contributed by atoms with Crippen molar-refractivity contribution in [2.24, 2.45) is 0 Å². The minimum Gasteiger partial charge on any atom is -0.481 e. The molecule has 0 aromatic heterocycles. The number of nitrogens with one attached hydrogen (secondary N) is 1. The molecule has 0 saturated carbocycles. The number of carboxylic acid groups (broad SMARTS) is 1. The first kappa shape index (κ1) is 15.5. The lowest BCUT2D eigenvalue weighted by Crippen LogP contribution is -2.34. The predicted molar refractivity (Wildman–Crippen MR) is 73.3 cm³/mol. The molecule has 7 heteroatoms. The molecular weight excluding hydrogens is 268 g/mol. The third-order valence-electron chi connectivity index (χ3n) is 2.80. The van der Waals surface area contributed by atoms with Gasteiger partial charge >= 0.3 is 16.2 Å². The first-order chi connectivity index (χ1) is 8.72. The summed E-state index contributed by atoms with van der Waals surface area (Å²) in [7, 11) is -2.38. The lowest BCUT2D eigenvalue weighted by molar-refractivity contribution is -0.137. The summed E-state index contributed by atoms with van der Waals surface area (Å²) in [5, 5.41) is 8.54. The highest BCUT2D eigenvalue weighted by molar-refractivity contribution is 7.90. The molecule has 0 radical (unpaired) electrons. The summed E-state index contributed by atoms with van der Waals surface area (Å²) < 4.78 is 27.3. The van der Waals surface area contributed by atoms with Crippen molar-refractivity contribution in [3.8, 4) is 0 Å². The standard InChI is InChI=1S/C12H18N2O4S/c1-9-4-5-11(8-10(9)2)13-19(17,18)14(3)7-6-12(15)16/h4-5,8,13H,6-7H2,1-3H3,(H,15,16). The van der Waals surface area contributed by atoms with Crippen LogP contribution in [0.4, 0.5) is 5.69 Å². The van der Waals surface area contributed by atoms with E-state index < -0.39 is 16.2 Å². The monoisotopic (exact) mass is 286 g/mol. The van der Waals surface area contributed by atoms with Crippen LogP contribution >= 0.6 is 0 Å². The maximum atomic E-state index is 11.9. The number of benzene rings is 1. The molecule has 0 spiro atoms. The summed E-state index contributed by atoms with van der Waals surface area (Å²) >= 11 is 0. The highest BCUT2D eigenvalue weighted by Crippen LogP contribution is 2.16. The average Bonchev–Trinajstić information content (AvgIpc) is 2.30. The van der Waals surface area contributed by atoms with Crippen molar-refractivity contribution in [2.45, 2.75) is 20.3 Å². The van der Waals surface area contributed by atoms with Crippen LogP contribution in [0.1, 0.15) is 17.5 Å². The number of carbonyl (C=O) groups is 1. The molecule has 0 heterocycles. The zero-order valence-corrected chi connectivity index (χ0v) is 12.0. The number of nitrogens with zero attached hydrogens (tertiary/aromatic N) is 1. The van der Waals surface area contributed by atoms with E-state index in [-0.39, 0.29) is 13.0 Å². The maximum Gasteiger partial charge on any atom is 0.304 e. The van der Waals surface area contributed by atoms with Crippen molar-refractivity contribution >= 4 is 21.9 Å². The molecule has 0 bridgehead atoms. The van der Waals surface area contributed by atoms with E-state index in [1.807, 2.05) is 19.9 Å². The van der Waals surface area contributed by atoms with Gasteiger partial charge in [-0.1, -0.05) is 6.07 Å². The molecule has 1 aromatic rings. The fraction of sp³-hybridized carbons (Fsp3) is 0.417. The van der Waals surface area contributed by atoms with Crippen LogP contribution in [0.15, 0.2) is 18.2 Å². The zero-order chi connectivity index (χ0) is 14.6. The molecule has 0 aliphatic rings. The van der Waals surface area contributed by atoms with Crippen molar-refractivity contribution in [1.82, 2.24) is 4.31 Å². The Bertz CT molecular complexity index is 569. The van der Waals surface area contributed by atoms with E-state index >= 15 is 0 Å². The van der Waals surface area contributed by atoms with Gasteiger partial charge in [-0.3, -0.25) is 9.52 Å². The fourth-order valence-corrected chi connectivity index (χ4v) is 2.32. The van der Waals surface area contributed by atoms with Crippen LogP contribution in [-0.2, 0) is 15.0 Å². The zero-order valence-electron chi connectivity index (χ0n) is 11.2. The molecule has 6 nitrogen and oxygen atoms in total. The van der Waals surface area contributed by atoms with E-state index in [0.29, 0.717) is 5.69 Å². The highest BCUT2D eigenvalue weighted by atomic mass is 32.2. The number of anilines is 1. The summed E-state index contributed by atoms with van der Waals surface area (Å²) in [6.45, 7) is 3.75. The summed E-state index contributed by atoms with van der Waals surface area (Å²) in [5.41, 5.74) is 2.51. The summed E-state index contributed by atoms with van der Waals surface area (Å²) in [5.74, 6) is -1.03. The first-order valence-electron chi connectivity index (χ1n) is 5.75. The van der Waals surface area contributed by atoms with Crippen molar-refractivity contribution in [2.75, 3.05) is 18.3 Å². The Hall–Kier alpha value is -1.60. The number of hydrogen-bond acceptors (Lipinski definition) is 3. The molecule has 19 heavy (non-hydrogen) atoms. The molecular formula is C12H18N2O4S. The lowest BCUT2D eigenvalue weighted by Gasteiger charge is -2.17. The largest absolute Gasteiger partial charge is 0.481 e. The van der Waals surface area contributed by atoms with Gasteiger partial charge in [0, 0.05) is 13.6 Å². The van der Waals surface area contributed by atoms with Gasteiger partial charge in [-0.25, -0.2) is 0 Å². The molecule has 1 aromatic carbocycles. The van der Waals surface area contributed by atoms with Crippen LogP contribution < -0.4 is 4.72 Å². The van der Waals surface area contributed by atoms with E-state index in [1.165, 1.54) is 7.05 Å². The van der Waals surface area contributed by atoms with Crippen LogP contribution in [0.2, 0.25) is 0 Å². The molecule has 0 unspecified atom stereocenters. The summed E-state index contributed by atoms with van der Waals surface area (Å²) in [4.78, 5) is 10.4. The van der Waals surface area contributed by atoms with Crippen LogP contribution in [0.3, 0.4) is 0 Å². The second-order valence-electron chi connectivity index (χ2n) is 4.37. The van der Waals surface area contributed by atoms with Gasteiger partial charge in [0.2, 0.25) is 0 Å². The predicted octanol–water partition coefficient (Wildman–Crippen LogP) is 1.37. The quantitative estimate of drug-likeness (QED) is 0.827. The molecule has 106 valence electrons. The number of carboxylic acids is 1. The SMILES string of the molecule is Cc1ccc(NS(=O)(=O)N(C)CCC(=O)O)cc1C. The number of hydrogen-bond donors (Lipinski definition) is 2. The second kappa shape index (κ2) is 6.03. The Morgan fingerprint density at radius 1 is 1.32 bits per heavy atom. The third-order valence-corrected chi connectivity index (χ3v) is 4.30. The smallest absolute Gasteiger partial charge is 0.304 e. The van der Waals surface area contributed by atoms with Gasteiger partial charge < -0.3 is 5.11 Å². The van der Waals surface area contributed by atoms with Gasteiger partial charge in [0.05, 0.1) is 12.1 Å². The Kier molecular flexibility index (Phi) is 4.90. The van der Waals surface area contributed by atoms with Crippen molar-refractivity contribution in [3.05, 3.63) is 29.3 Å². The van der Waals surface area contributed by atoms with Gasteiger partial charge in [0.15, 0.2) is 0 Å². The minimum absolute atomic E-state index is 0.0739. The maximum absolute atomic E-state index is 11.9. The molecule has 0 aliphatic carbocycles. The minimum atomic E-state index is -3.72. The molecule has 0 saturated heterocycles. The number of aryl methyl sites for hydroxylation is 2. The van der Waals surface area contributed by atoms with Crippen LogP contribution in [0, 0.1) is 13.8 Å². The van der Waals surface area contributed by atoms with Gasteiger partial charge in [0.25, 0.3) is 0 Å². The first-order valence-corrected chi connectivity index (χ1v) is 7.19. The van der Waals surface area contributed by atoms with Crippen LogP contribution in [0.25, 0.3) is 0 Å². The third kappa shape index (κ3) is 4.53. The average molecular weight is 286 g/mol. The normalized spacial score (nSPS) is 11.6. The molecule has 1 rings (SSSR count). The Morgan fingerprint density at radius 3 is 2.47 bits per heavy atom. The fourth-order valence-electron chi connectivity index (χ4n) is 1.41. The van der Waals surface area contributed by atoms with E-state index in [4.69, 9.17) is 5.11 Å². The van der Waals surface area contributed by atoms with Crippen molar-refractivity contribution in [1.29, 1.82) is 0 Å². The van der Waals surface area contributed by atoms with Gasteiger partial charge in [0.1, 0.15) is 0 Å². The van der Waals surface area contributed by atoms with Crippen LogP contribution in [0.5, 0.6) is 0 Å². The highest BCUT2D eigenvalue weighted by Gasteiger charge is 2.18. The van der Waals surface area contributed by atoms with Crippen molar-refractivity contribution in [3.63, 3.8) is 0 Å². The van der Waals surface area contributed by atoms with Gasteiger partial charge in [-0.05, 0) is 37.1 Å². The van der Waals surface area contributed by atoms with Crippen molar-refractivity contribution < 1.29 is 18.3 Å². The van der Waals surface area contributed by atoms with Gasteiger partial charge in [-0.15, -0.1) is 0 Å². The van der Waals surface area contributed by atoms with Crippen LogP contribution in [-0.4, -0.2) is 37.4 Å². The Morgan fingerprint density at radius 2 is 1.95 bits per heavy atom. The Balaban J connectivity index is 2.78. The summed E-state index contributed by atoms with van der Waals surface area (Å²) in [6, 6.07) is 5.23. The molecule has 0 atom stereocenters. The molecule has 0 aliphatic heterocycles. The van der Waals surface area contributed by atoms with E-state index in [1.54, 1.807) is 12.1 Å². The number of rotatable bonds is 6. The summed E-state index contributed by atoms with van der Waals surface area (Å²) in [6.07, 6.45) is -0.232. The Labute approximate surface area is 113 Å². The lowest BCUT2D eigenvalue weighted by atomic mass is 10.1. The van der Waals surface area contributed by atoms with Gasteiger partial charge in [-0.2, -0.15) is 12.7 Å². The van der Waals surface area contributed by atoms with E-state index in [0.717, 1.165) is 15.4 Å². The molecule has 0 amide bonds. The topological polar surface area (TPSA) is 86.7 Å². The molecule has 0 fully saturated rings. The van der Waals surface area contributed by atoms with E-state index in [2.05, 4.69) is 4.72 Å². The number of aliphatic carboxylic acids is 1. The second-order valence-corrected chi connectivity index (χ2v) is 6.15. The van der Waals surface area contributed by atoms with E-state index in [9.17, 15) is 13.2 Å². The molecule has 2 N–H and O–H groups in total.